The first-order valence-corrected chi connectivity index (χ1v) is 8.21. The smallest absolute Gasteiger partial charge is 0.306 e. The molecule has 0 saturated heterocycles. The van der Waals surface area contributed by atoms with Crippen LogP contribution in [0.4, 0.5) is 14.5 Å². The summed E-state index contributed by atoms with van der Waals surface area (Å²) in [6, 6.07) is 8.86. The Morgan fingerprint density at radius 2 is 2.04 bits per heavy atom. The van der Waals surface area contributed by atoms with Gasteiger partial charge in [-0.3, -0.25) is 14.9 Å². The summed E-state index contributed by atoms with van der Waals surface area (Å²) >= 11 is 0. The molecule has 0 unspecified atom stereocenters. The number of nitrogens with zero attached hydrogens (tertiary/aromatic N) is 2. The first-order chi connectivity index (χ1) is 13.4. The zero-order chi connectivity index (χ0) is 20.1. The van der Waals surface area contributed by atoms with Gasteiger partial charge < -0.3 is 9.15 Å². The van der Waals surface area contributed by atoms with Crippen molar-refractivity contribution in [2.45, 2.75) is 19.4 Å². The molecule has 0 bridgehead atoms. The van der Waals surface area contributed by atoms with Gasteiger partial charge in [-0.15, -0.1) is 0 Å². The first-order valence-electron chi connectivity index (χ1n) is 8.21. The molecule has 1 heterocycles. The van der Waals surface area contributed by atoms with Gasteiger partial charge in [0, 0.05) is 24.6 Å². The van der Waals surface area contributed by atoms with Crippen LogP contribution in [0.15, 0.2) is 53.1 Å². The predicted molar refractivity (Wildman–Crippen MR) is 93.1 cm³/mol. The molecular weight excluding hydrogens is 374 g/mol. The van der Waals surface area contributed by atoms with Crippen LogP contribution in [-0.4, -0.2) is 15.9 Å². The van der Waals surface area contributed by atoms with E-state index in [9.17, 15) is 23.7 Å². The molecule has 28 heavy (non-hydrogen) atoms. The fourth-order valence-electron chi connectivity index (χ4n) is 2.44. The summed E-state index contributed by atoms with van der Waals surface area (Å²) in [5.74, 6) is -1.70. The first kappa shape index (κ1) is 19.2. The molecule has 0 aliphatic rings. The number of halogens is 2. The molecule has 0 spiro atoms. The van der Waals surface area contributed by atoms with E-state index in [1.807, 2.05) is 0 Å². The van der Waals surface area contributed by atoms with Crippen LogP contribution in [0.25, 0.3) is 11.3 Å². The fraction of sp³-hybridized carbons (Fsp3) is 0.158. The van der Waals surface area contributed by atoms with Crippen molar-refractivity contribution >= 4 is 11.7 Å². The van der Waals surface area contributed by atoms with Gasteiger partial charge in [0.2, 0.25) is 0 Å². The van der Waals surface area contributed by atoms with E-state index >= 15 is 0 Å². The van der Waals surface area contributed by atoms with E-state index in [-0.39, 0.29) is 42.4 Å². The molecule has 0 saturated carbocycles. The second-order valence-electron chi connectivity index (χ2n) is 5.83. The summed E-state index contributed by atoms with van der Waals surface area (Å²) in [5.41, 5.74) is 0.468. The van der Waals surface area contributed by atoms with Crippen molar-refractivity contribution < 1.29 is 27.7 Å². The topological polar surface area (TPSA) is 95.5 Å². The van der Waals surface area contributed by atoms with Crippen molar-refractivity contribution in [3.63, 3.8) is 0 Å². The number of benzene rings is 2. The molecule has 2 aromatic carbocycles. The summed E-state index contributed by atoms with van der Waals surface area (Å²) in [7, 11) is 0. The van der Waals surface area contributed by atoms with Gasteiger partial charge in [0.25, 0.3) is 5.69 Å². The van der Waals surface area contributed by atoms with Gasteiger partial charge in [-0.1, -0.05) is 12.1 Å². The Morgan fingerprint density at radius 1 is 1.21 bits per heavy atom. The quantitative estimate of drug-likeness (QED) is 0.342. The SMILES string of the molecule is O=C(CCc1ncc(-c2ccc(F)cc2F)o1)OCc1cccc([N+](=O)[O-])c1. The average Bonchev–Trinajstić information content (AvgIpc) is 3.13. The number of carbonyl (C=O) groups excluding carboxylic acids is 1. The van der Waals surface area contributed by atoms with Gasteiger partial charge >= 0.3 is 5.97 Å². The van der Waals surface area contributed by atoms with Gasteiger partial charge in [-0.2, -0.15) is 0 Å². The molecule has 0 N–H and O–H groups in total. The minimum absolute atomic E-state index is 0.0409. The Bertz CT molecular complexity index is 1020. The van der Waals surface area contributed by atoms with Gasteiger partial charge in [-0.05, 0) is 17.7 Å². The summed E-state index contributed by atoms with van der Waals surface area (Å²) in [5, 5.41) is 10.7. The number of carbonyl (C=O) groups is 1. The molecule has 3 rings (SSSR count). The molecule has 0 aliphatic carbocycles. The molecule has 1 aromatic heterocycles. The minimum Gasteiger partial charge on any atom is -0.461 e. The third-order valence-corrected chi connectivity index (χ3v) is 3.81. The Labute approximate surface area is 157 Å². The number of oxazole rings is 1. The van der Waals surface area contributed by atoms with E-state index in [1.54, 1.807) is 6.07 Å². The maximum Gasteiger partial charge on any atom is 0.306 e. The molecule has 0 radical (unpaired) electrons. The number of ether oxygens (including phenoxy) is 1. The Morgan fingerprint density at radius 3 is 2.79 bits per heavy atom. The van der Waals surface area contributed by atoms with Gasteiger partial charge in [0.1, 0.15) is 18.2 Å². The van der Waals surface area contributed by atoms with E-state index in [4.69, 9.17) is 9.15 Å². The van der Waals surface area contributed by atoms with Crippen LogP contribution in [0.2, 0.25) is 0 Å². The molecule has 7 nitrogen and oxygen atoms in total. The molecule has 0 aliphatic heterocycles. The molecular formula is C19H14F2N2O5. The zero-order valence-corrected chi connectivity index (χ0v) is 14.4. The third-order valence-electron chi connectivity index (χ3n) is 3.81. The van der Waals surface area contributed by atoms with Crippen LogP contribution < -0.4 is 0 Å². The summed E-state index contributed by atoms with van der Waals surface area (Å²) in [6.07, 6.45) is 1.37. The van der Waals surface area contributed by atoms with Crippen LogP contribution in [0.1, 0.15) is 17.9 Å². The van der Waals surface area contributed by atoms with Crippen molar-refractivity contribution in [2.75, 3.05) is 0 Å². The molecule has 0 fully saturated rings. The summed E-state index contributed by atoms with van der Waals surface area (Å²) in [4.78, 5) is 26.0. The highest BCUT2D eigenvalue weighted by Crippen LogP contribution is 2.24. The largest absolute Gasteiger partial charge is 0.461 e. The van der Waals surface area contributed by atoms with E-state index in [1.165, 1.54) is 30.5 Å². The van der Waals surface area contributed by atoms with Crippen LogP contribution in [0.5, 0.6) is 0 Å². The van der Waals surface area contributed by atoms with E-state index in [0.717, 1.165) is 12.1 Å². The van der Waals surface area contributed by atoms with Gasteiger partial charge in [-0.25, -0.2) is 13.8 Å². The predicted octanol–water partition coefficient (Wildman–Crippen LogP) is 4.20. The average molecular weight is 388 g/mol. The Hall–Kier alpha value is -3.62. The second-order valence-corrected chi connectivity index (χ2v) is 5.83. The monoisotopic (exact) mass is 388 g/mol. The lowest BCUT2D eigenvalue weighted by Gasteiger charge is -2.04. The number of rotatable bonds is 7. The zero-order valence-electron chi connectivity index (χ0n) is 14.4. The molecule has 0 amide bonds. The maximum absolute atomic E-state index is 13.8. The fourth-order valence-corrected chi connectivity index (χ4v) is 2.44. The Balaban J connectivity index is 1.53. The minimum atomic E-state index is -0.779. The van der Waals surface area contributed by atoms with Crippen molar-refractivity contribution in [1.29, 1.82) is 0 Å². The van der Waals surface area contributed by atoms with E-state index < -0.39 is 22.5 Å². The van der Waals surface area contributed by atoms with Crippen molar-refractivity contribution in [2.24, 2.45) is 0 Å². The molecule has 144 valence electrons. The number of non-ortho nitro benzene ring substituents is 1. The van der Waals surface area contributed by atoms with E-state index in [0.29, 0.717) is 5.56 Å². The van der Waals surface area contributed by atoms with Crippen LogP contribution in [0.3, 0.4) is 0 Å². The third kappa shape index (κ3) is 4.76. The Kier molecular flexibility index (Phi) is 5.73. The lowest BCUT2D eigenvalue weighted by Crippen LogP contribution is -2.06. The van der Waals surface area contributed by atoms with Crippen LogP contribution in [-0.2, 0) is 22.6 Å². The lowest BCUT2D eigenvalue weighted by atomic mass is 10.2. The summed E-state index contributed by atoms with van der Waals surface area (Å²) in [6.45, 7) is -0.0991. The molecule has 3 aromatic rings. The number of aromatic nitrogens is 1. The number of hydrogen-bond donors (Lipinski definition) is 0. The van der Waals surface area contributed by atoms with Crippen LogP contribution >= 0.6 is 0 Å². The number of aryl methyl sites for hydroxylation is 1. The standard InChI is InChI=1S/C19H14F2N2O5/c20-13-4-5-15(16(21)9-13)17-10-22-18(28-17)6-7-19(24)27-11-12-2-1-3-14(8-12)23(25)26/h1-5,8-10H,6-7,11H2. The maximum atomic E-state index is 13.8. The van der Waals surface area contributed by atoms with Crippen LogP contribution in [0, 0.1) is 21.7 Å². The highest BCUT2D eigenvalue weighted by atomic mass is 19.1. The summed E-state index contributed by atoms with van der Waals surface area (Å²) < 4.78 is 37.2. The number of nitro benzene ring substituents is 1. The van der Waals surface area contributed by atoms with Gasteiger partial charge in [0.05, 0.1) is 23.1 Å². The van der Waals surface area contributed by atoms with Crippen molar-refractivity contribution in [3.05, 3.63) is 81.9 Å². The number of esters is 1. The highest BCUT2D eigenvalue weighted by molar-refractivity contribution is 5.69. The van der Waals surface area contributed by atoms with Crippen molar-refractivity contribution in [1.82, 2.24) is 4.98 Å². The number of nitro groups is 1. The van der Waals surface area contributed by atoms with Gasteiger partial charge in [0.15, 0.2) is 11.7 Å². The highest BCUT2D eigenvalue weighted by Gasteiger charge is 2.14. The molecule has 0 atom stereocenters. The lowest BCUT2D eigenvalue weighted by molar-refractivity contribution is -0.384. The van der Waals surface area contributed by atoms with Crippen molar-refractivity contribution in [3.8, 4) is 11.3 Å². The normalized spacial score (nSPS) is 10.6. The van der Waals surface area contributed by atoms with E-state index in [2.05, 4.69) is 4.98 Å². The second kappa shape index (κ2) is 8.38. The molecule has 9 heteroatoms. The number of hydrogen-bond acceptors (Lipinski definition) is 6.